The van der Waals surface area contributed by atoms with Crippen LogP contribution in [0.1, 0.15) is 38.6 Å². The number of aryl methyl sites for hydroxylation is 2. The van der Waals surface area contributed by atoms with Crippen LogP contribution in [0.5, 0.6) is 5.75 Å². The zero-order chi connectivity index (χ0) is 22.3. The van der Waals surface area contributed by atoms with E-state index in [2.05, 4.69) is 15.5 Å². The molecule has 1 N–H and O–H groups in total. The molecular weight excluding hydrogens is 402 g/mol. The third-order valence-electron chi connectivity index (χ3n) is 4.96. The van der Waals surface area contributed by atoms with E-state index in [4.69, 9.17) is 9.26 Å². The Morgan fingerprint density at radius 1 is 1.03 bits per heavy atom. The summed E-state index contributed by atoms with van der Waals surface area (Å²) in [5.74, 6) is 0.960. The van der Waals surface area contributed by atoms with Crippen molar-refractivity contribution in [2.45, 2.75) is 20.5 Å². The second-order valence-electron chi connectivity index (χ2n) is 7.26. The number of hydrogen-bond donors (Lipinski definition) is 1. The molecule has 0 aliphatic carbocycles. The molecule has 2 heterocycles. The Balaban J connectivity index is 1.47. The van der Waals surface area contributed by atoms with Crippen molar-refractivity contribution in [3.63, 3.8) is 0 Å². The van der Waals surface area contributed by atoms with Gasteiger partial charge in [-0.15, -0.1) is 0 Å². The van der Waals surface area contributed by atoms with E-state index >= 15 is 0 Å². The Labute approximate surface area is 186 Å². The smallest absolute Gasteiger partial charge is 0.259 e. The lowest BCUT2D eigenvalue weighted by Gasteiger charge is -2.12. The van der Waals surface area contributed by atoms with Gasteiger partial charge in [0.1, 0.15) is 18.1 Å². The maximum Gasteiger partial charge on any atom is 0.259 e. The number of pyridine rings is 1. The Morgan fingerprint density at radius 3 is 2.66 bits per heavy atom. The molecule has 0 spiro atoms. The van der Waals surface area contributed by atoms with Gasteiger partial charge in [-0.2, -0.15) is 0 Å². The van der Waals surface area contributed by atoms with Gasteiger partial charge in [0.2, 0.25) is 0 Å². The molecule has 0 fully saturated rings. The number of carbonyl (C=O) groups excluding carboxylic acids is 1. The molecule has 0 saturated heterocycles. The van der Waals surface area contributed by atoms with Gasteiger partial charge in [0, 0.05) is 11.9 Å². The summed E-state index contributed by atoms with van der Waals surface area (Å²) < 4.78 is 11.1. The molecule has 6 nitrogen and oxygen atoms in total. The number of carbonyl (C=O) groups is 1. The van der Waals surface area contributed by atoms with Gasteiger partial charge in [-0.1, -0.05) is 41.6 Å². The van der Waals surface area contributed by atoms with E-state index in [1.165, 1.54) is 0 Å². The zero-order valence-electron chi connectivity index (χ0n) is 17.9. The minimum absolute atomic E-state index is 0.245. The predicted molar refractivity (Wildman–Crippen MR) is 124 cm³/mol. The molecule has 0 bridgehead atoms. The van der Waals surface area contributed by atoms with Crippen molar-refractivity contribution in [1.82, 2.24) is 10.1 Å². The van der Waals surface area contributed by atoms with E-state index in [-0.39, 0.29) is 12.5 Å². The normalized spacial score (nSPS) is 10.9. The molecule has 0 aliphatic heterocycles. The number of rotatable bonds is 7. The minimum atomic E-state index is -0.245. The number of amides is 1. The Hall–Kier alpha value is -4.19. The van der Waals surface area contributed by atoms with Gasteiger partial charge in [-0.05, 0) is 61.9 Å². The SMILES string of the molecule is Cc1noc(C)c1COc1ccccc1C(=O)Nc1cccc(/C=C/c2ccccn2)c1. The Bertz CT molecular complexity index is 1230. The number of ether oxygens (including phenoxy) is 1. The molecule has 2 aromatic carbocycles. The second-order valence-corrected chi connectivity index (χ2v) is 7.26. The van der Waals surface area contributed by atoms with Crippen molar-refractivity contribution < 1.29 is 14.1 Å². The molecule has 0 unspecified atom stereocenters. The maximum atomic E-state index is 13.0. The fourth-order valence-electron chi connectivity index (χ4n) is 3.21. The third-order valence-corrected chi connectivity index (χ3v) is 4.96. The molecule has 0 saturated carbocycles. The van der Waals surface area contributed by atoms with E-state index in [9.17, 15) is 4.79 Å². The molecule has 0 radical (unpaired) electrons. The van der Waals surface area contributed by atoms with Crippen LogP contribution in [0, 0.1) is 13.8 Å². The van der Waals surface area contributed by atoms with Crippen molar-refractivity contribution in [3.8, 4) is 5.75 Å². The minimum Gasteiger partial charge on any atom is -0.488 e. The van der Waals surface area contributed by atoms with Crippen LogP contribution in [-0.2, 0) is 6.61 Å². The standard InChI is InChI=1S/C26H23N3O3/c1-18-24(19(2)32-29-18)17-31-25-12-4-3-11-23(25)26(30)28-22-10-7-8-20(16-22)13-14-21-9-5-6-15-27-21/h3-16H,17H2,1-2H3,(H,28,30)/b14-13+. The highest BCUT2D eigenvalue weighted by molar-refractivity contribution is 6.06. The van der Waals surface area contributed by atoms with Crippen LogP contribution >= 0.6 is 0 Å². The third kappa shape index (κ3) is 5.10. The molecule has 0 aliphatic rings. The van der Waals surface area contributed by atoms with Gasteiger partial charge in [0.05, 0.1) is 22.5 Å². The van der Waals surface area contributed by atoms with Crippen molar-refractivity contribution in [3.05, 3.63) is 107 Å². The monoisotopic (exact) mass is 425 g/mol. The summed E-state index contributed by atoms with van der Waals surface area (Å²) >= 11 is 0. The summed E-state index contributed by atoms with van der Waals surface area (Å²) in [7, 11) is 0. The van der Waals surface area contributed by atoms with Crippen LogP contribution in [0.15, 0.2) is 77.4 Å². The van der Waals surface area contributed by atoms with Crippen molar-refractivity contribution in [2.24, 2.45) is 0 Å². The molecular formula is C26H23N3O3. The lowest BCUT2D eigenvalue weighted by atomic mass is 10.1. The van der Waals surface area contributed by atoms with E-state index < -0.39 is 0 Å². The van der Waals surface area contributed by atoms with Crippen LogP contribution in [-0.4, -0.2) is 16.0 Å². The van der Waals surface area contributed by atoms with Gasteiger partial charge in [-0.3, -0.25) is 9.78 Å². The quantitative estimate of drug-likeness (QED) is 0.412. The number of anilines is 1. The molecule has 32 heavy (non-hydrogen) atoms. The zero-order valence-corrected chi connectivity index (χ0v) is 17.9. The first-order valence-corrected chi connectivity index (χ1v) is 10.2. The van der Waals surface area contributed by atoms with E-state index in [0.717, 1.165) is 22.5 Å². The lowest BCUT2D eigenvalue weighted by molar-refractivity contribution is 0.102. The lowest BCUT2D eigenvalue weighted by Crippen LogP contribution is -2.13. The fraction of sp³-hybridized carbons (Fsp3) is 0.115. The summed E-state index contributed by atoms with van der Waals surface area (Å²) in [6.07, 6.45) is 5.64. The summed E-state index contributed by atoms with van der Waals surface area (Å²) in [4.78, 5) is 17.3. The number of benzene rings is 2. The highest BCUT2D eigenvalue weighted by Crippen LogP contribution is 2.23. The van der Waals surface area contributed by atoms with Crippen LogP contribution in [0.3, 0.4) is 0 Å². The van der Waals surface area contributed by atoms with Crippen LogP contribution in [0.25, 0.3) is 12.2 Å². The number of nitrogens with zero attached hydrogens (tertiary/aromatic N) is 2. The molecule has 160 valence electrons. The van der Waals surface area contributed by atoms with Crippen molar-refractivity contribution in [2.75, 3.05) is 5.32 Å². The number of para-hydroxylation sites is 1. The Kier molecular flexibility index (Phi) is 6.41. The van der Waals surface area contributed by atoms with Crippen molar-refractivity contribution >= 4 is 23.7 Å². The number of nitrogens with one attached hydrogen (secondary N) is 1. The van der Waals surface area contributed by atoms with Gasteiger partial charge >= 0.3 is 0 Å². The maximum absolute atomic E-state index is 13.0. The van der Waals surface area contributed by atoms with Crippen LogP contribution < -0.4 is 10.1 Å². The fourth-order valence-corrected chi connectivity index (χ4v) is 3.21. The first kappa shape index (κ1) is 21.1. The summed E-state index contributed by atoms with van der Waals surface area (Å²) in [5.41, 5.74) is 4.63. The second kappa shape index (κ2) is 9.75. The van der Waals surface area contributed by atoms with Gasteiger partial charge in [0.15, 0.2) is 0 Å². The average molecular weight is 425 g/mol. The Morgan fingerprint density at radius 2 is 1.88 bits per heavy atom. The molecule has 1 amide bonds. The highest BCUT2D eigenvalue weighted by Gasteiger charge is 2.15. The largest absolute Gasteiger partial charge is 0.488 e. The van der Waals surface area contributed by atoms with E-state index in [0.29, 0.717) is 22.8 Å². The van der Waals surface area contributed by atoms with Gasteiger partial charge < -0.3 is 14.6 Å². The number of aromatic nitrogens is 2. The van der Waals surface area contributed by atoms with Gasteiger partial charge in [-0.25, -0.2) is 0 Å². The topological polar surface area (TPSA) is 77.2 Å². The molecule has 6 heteroatoms. The average Bonchev–Trinajstić information content (AvgIpc) is 3.14. The summed E-state index contributed by atoms with van der Waals surface area (Å²) in [5, 5.41) is 6.89. The molecule has 4 rings (SSSR count). The predicted octanol–water partition coefficient (Wildman–Crippen LogP) is 5.69. The van der Waals surface area contributed by atoms with Gasteiger partial charge in [0.25, 0.3) is 5.91 Å². The summed E-state index contributed by atoms with van der Waals surface area (Å²) in [6.45, 7) is 3.98. The molecule has 4 aromatic rings. The first-order valence-electron chi connectivity index (χ1n) is 10.2. The van der Waals surface area contributed by atoms with Crippen LogP contribution in [0.4, 0.5) is 5.69 Å². The number of hydrogen-bond acceptors (Lipinski definition) is 5. The van der Waals surface area contributed by atoms with E-state index in [1.54, 1.807) is 18.3 Å². The van der Waals surface area contributed by atoms with E-state index in [1.807, 2.05) is 80.6 Å². The van der Waals surface area contributed by atoms with Crippen molar-refractivity contribution in [1.29, 1.82) is 0 Å². The molecule has 0 atom stereocenters. The first-order chi connectivity index (χ1) is 15.6. The summed E-state index contributed by atoms with van der Waals surface area (Å²) in [6, 6.07) is 20.5. The highest BCUT2D eigenvalue weighted by atomic mass is 16.5. The van der Waals surface area contributed by atoms with Crippen LogP contribution in [0.2, 0.25) is 0 Å². The molecule has 2 aromatic heterocycles.